The average Bonchev–Trinajstić information content (AvgIpc) is 2.83. The van der Waals surface area contributed by atoms with Crippen LogP contribution < -0.4 is 0 Å². The number of carbonyl (C=O) groups is 2. The maximum atomic E-state index is 9.00. The fraction of sp³-hybridized carbons (Fsp3) is 0.0714. The van der Waals surface area contributed by atoms with Gasteiger partial charge in [0.15, 0.2) is 0 Å². The monoisotopic (exact) mass is 510 g/mol. The van der Waals surface area contributed by atoms with E-state index in [-0.39, 0.29) is 16.5 Å². The van der Waals surface area contributed by atoms with E-state index in [1.165, 1.54) is 22.3 Å². The zero-order valence-corrected chi connectivity index (χ0v) is 20.1. The Morgan fingerprint density at radius 3 is 1.20 bits per heavy atom. The van der Waals surface area contributed by atoms with Crippen LogP contribution in [0.4, 0.5) is 0 Å². The molecule has 0 fully saturated rings. The molecule has 0 spiro atoms. The van der Waals surface area contributed by atoms with Gasteiger partial charge in [-0.2, -0.15) is 0 Å². The molecule has 3 aromatic carbocycles. The SMILES string of the molecule is CC(=O)O.CC(=O)O.[Ni].c1ccc(-c2ccnc3c2ccc2c(-c4ccccc4)ccnc23)cc1. The van der Waals surface area contributed by atoms with E-state index in [1.54, 1.807) is 0 Å². The van der Waals surface area contributed by atoms with Gasteiger partial charge in [-0.05, 0) is 34.4 Å². The third kappa shape index (κ3) is 7.20. The van der Waals surface area contributed by atoms with Gasteiger partial charge in [-0.3, -0.25) is 19.6 Å². The van der Waals surface area contributed by atoms with Crippen LogP contribution in [0.2, 0.25) is 0 Å². The summed E-state index contributed by atoms with van der Waals surface area (Å²) in [5.74, 6) is -1.67. The third-order valence-corrected chi connectivity index (χ3v) is 4.79. The van der Waals surface area contributed by atoms with Gasteiger partial charge in [0.2, 0.25) is 0 Å². The van der Waals surface area contributed by atoms with Crippen LogP contribution in [0.25, 0.3) is 44.1 Å². The Hall–Kier alpha value is -4.09. The minimum absolute atomic E-state index is 0. The zero-order valence-electron chi connectivity index (χ0n) is 19.2. The van der Waals surface area contributed by atoms with Crippen molar-refractivity contribution in [1.82, 2.24) is 9.97 Å². The number of benzene rings is 3. The molecule has 0 amide bonds. The summed E-state index contributed by atoms with van der Waals surface area (Å²) in [5.41, 5.74) is 6.65. The third-order valence-electron chi connectivity index (χ3n) is 4.79. The fourth-order valence-corrected chi connectivity index (χ4v) is 3.57. The second-order valence-corrected chi connectivity index (χ2v) is 7.35. The van der Waals surface area contributed by atoms with E-state index >= 15 is 0 Å². The summed E-state index contributed by atoms with van der Waals surface area (Å²) in [6.07, 6.45) is 3.75. The number of rotatable bonds is 2. The van der Waals surface area contributed by atoms with Crippen molar-refractivity contribution in [3.63, 3.8) is 0 Å². The number of hydrogen-bond acceptors (Lipinski definition) is 4. The van der Waals surface area contributed by atoms with Crippen molar-refractivity contribution >= 4 is 33.7 Å². The van der Waals surface area contributed by atoms with Crippen molar-refractivity contribution in [3.05, 3.63) is 97.3 Å². The first kappa shape index (κ1) is 27.2. The number of nitrogens with zero attached hydrogens (tertiary/aromatic N) is 2. The standard InChI is InChI=1S/C24H16N2.2C2H4O2.Ni/c1-3-7-17(8-4-1)19-13-15-25-23-21(19)11-12-22-20(14-16-26-24(22)23)18-9-5-2-6-10-18;2*1-2(3)4;/h1-16H;2*1H3,(H,3,4);. The predicted molar refractivity (Wildman–Crippen MR) is 135 cm³/mol. The van der Waals surface area contributed by atoms with Gasteiger partial charge < -0.3 is 10.2 Å². The minimum Gasteiger partial charge on any atom is -0.481 e. The first-order chi connectivity index (χ1) is 16.4. The Kier molecular flexibility index (Phi) is 10.1. The van der Waals surface area contributed by atoms with E-state index in [0.717, 1.165) is 35.7 Å². The Morgan fingerprint density at radius 2 is 0.886 bits per heavy atom. The molecule has 5 aromatic rings. The van der Waals surface area contributed by atoms with Crippen LogP contribution in [0.3, 0.4) is 0 Å². The van der Waals surface area contributed by atoms with Gasteiger partial charge in [0.05, 0.1) is 11.0 Å². The molecule has 0 aliphatic carbocycles. The van der Waals surface area contributed by atoms with Crippen LogP contribution in [-0.2, 0) is 26.1 Å². The summed E-state index contributed by atoms with van der Waals surface area (Å²) in [6, 6.07) is 29.3. The maximum absolute atomic E-state index is 9.00. The number of carboxylic acids is 2. The number of aliphatic carboxylic acids is 2. The van der Waals surface area contributed by atoms with Crippen molar-refractivity contribution in [2.75, 3.05) is 0 Å². The minimum atomic E-state index is -0.833. The molecule has 35 heavy (non-hydrogen) atoms. The molecule has 0 unspecified atom stereocenters. The van der Waals surface area contributed by atoms with Crippen molar-refractivity contribution in [1.29, 1.82) is 0 Å². The molecule has 0 atom stereocenters. The number of aromatic nitrogens is 2. The topological polar surface area (TPSA) is 100 Å². The molecular formula is C28H24N2NiO4. The normalized spacial score (nSPS) is 9.66. The van der Waals surface area contributed by atoms with E-state index in [9.17, 15) is 0 Å². The molecule has 0 saturated heterocycles. The van der Waals surface area contributed by atoms with Gasteiger partial charge in [0.1, 0.15) is 0 Å². The van der Waals surface area contributed by atoms with Crippen LogP contribution in [0.15, 0.2) is 97.3 Å². The van der Waals surface area contributed by atoms with Gasteiger partial charge in [-0.15, -0.1) is 0 Å². The van der Waals surface area contributed by atoms with Gasteiger partial charge in [0, 0.05) is 53.5 Å². The Balaban J connectivity index is 0.000000423. The molecule has 6 nitrogen and oxygen atoms in total. The molecule has 180 valence electrons. The summed E-state index contributed by atoms with van der Waals surface area (Å²) >= 11 is 0. The van der Waals surface area contributed by atoms with Gasteiger partial charge in [-0.1, -0.05) is 72.8 Å². The second kappa shape index (κ2) is 13.0. The van der Waals surface area contributed by atoms with Crippen LogP contribution in [-0.4, -0.2) is 32.1 Å². The van der Waals surface area contributed by atoms with Crippen LogP contribution in [0.1, 0.15) is 13.8 Å². The molecule has 0 saturated carbocycles. The Labute approximate surface area is 213 Å². The second-order valence-electron chi connectivity index (χ2n) is 7.35. The first-order valence-electron chi connectivity index (χ1n) is 10.5. The van der Waals surface area contributed by atoms with Gasteiger partial charge >= 0.3 is 0 Å². The summed E-state index contributed by atoms with van der Waals surface area (Å²) in [4.78, 5) is 27.3. The van der Waals surface area contributed by atoms with Crippen LogP contribution in [0.5, 0.6) is 0 Å². The van der Waals surface area contributed by atoms with Crippen molar-refractivity contribution in [3.8, 4) is 22.3 Å². The molecule has 0 radical (unpaired) electrons. The molecule has 2 heterocycles. The number of hydrogen-bond donors (Lipinski definition) is 2. The summed E-state index contributed by atoms with van der Waals surface area (Å²) < 4.78 is 0. The summed E-state index contributed by atoms with van der Waals surface area (Å²) in [6.45, 7) is 2.17. The van der Waals surface area contributed by atoms with Crippen LogP contribution >= 0.6 is 0 Å². The molecule has 2 N–H and O–H groups in total. The first-order valence-corrected chi connectivity index (χ1v) is 10.5. The van der Waals surface area contributed by atoms with Crippen molar-refractivity contribution in [2.45, 2.75) is 13.8 Å². The summed E-state index contributed by atoms with van der Waals surface area (Å²) in [5, 5.41) is 17.1. The zero-order chi connectivity index (χ0) is 24.5. The quantitative estimate of drug-likeness (QED) is 0.213. The van der Waals surface area contributed by atoms with E-state index in [2.05, 4.69) is 82.8 Å². The molecule has 7 heteroatoms. The molecule has 0 bridgehead atoms. The molecule has 5 rings (SSSR count). The molecule has 0 aliphatic rings. The van der Waals surface area contributed by atoms with Gasteiger partial charge in [-0.25, -0.2) is 0 Å². The summed E-state index contributed by atoms with van der Waals surface area (Å²) in [7, 11) is 0. The number of pyridine rings is 2. The number of fused-ring (bicyclic) bond motifs is 3. The smallest absolute Gasteiger partial charge is 0.300 e. The largest absolute Gasteiger partial charge is 0.481 e. The fourth-order valence-electron chi connectivity index (χ4n) is 3.57. The predicted octanol–water partition coefficient (Wildman–Crippen LogP) is 6.30. The Bertz CT molecular complexity index is 1310. The van der Waals surface area contributed by atoms with Crippen molar-refractivity contribution in [2.24, 2.45) is 0 Å². The van der Waals surface area contributed by atoms with E-state index in [4.69, 9.17) is 19.8 Å². The van der Waals surface area contributed by atoms with Crippen molar-refractivity contribution < 1.29 is 36.3 Å². The number of carboxylic acid groups (broad SMARTS) is 2. The van der Waals surface area contributed by atoms with E-state index in [1.807, 2.05) is 24.5 Å². The maximum Gasteiger partial charge on any atom is 0.300 e. The van der Waals surface area contributed by atoms with E-state index < -0.39 is 11.9 Å². The molecular weight excluding hydrogens is 487 g/mol. The van der Waals surface area contributed by atoms with Crippen LogP contribution in [0, 0.1) is 0 Å². The van der Waals surface area contributed by atoms with Gasteiger partial charge in [0.25, 0.3) is 11.9 Å². The molecule has 2 aromatic heterocycles. The average molecular weight is 511 g/mol. The van der Waals surface area contributed by atoms with E-state index in [0.29, 0.717) is 0 Å². The molecule has 0 aliphatic heterocycles. The Morgan fingerprint density at radius 1 is 0.571 bits per heavy atom.